The lowest BCUT2D eigenvalue weighted by molar-refractivity contribution is 0.315. The SMILES string of the molecule is C=Cc1cc(Br)cc(Br)c1OCCC. The van der Waals surface area contributed by atoms with Gasteiger partial charge in [-0.15, -0.1) is 0 Å². The van der Waals surface area contributed by atoms with Crippen LogP contribution in [0.15, 0.2) is 27.7 Å². The summed E-state index contributed by atoms with van der Waals surface area (Å²) in [5.41, 5.74) is 1.000. The minimum absolute atomic E-state index is 0.723. The predicted octanol–water partition coefficient (Wildman–Crippen LogP) is 4.64. The van der Waals surface area contributed by atoms with Crippen molar-refractivity contribution in [2.45, 2.75) is 13.3 Å². The van der Waals surface area contributed by atoms with Gasteiger partial charge < -0.3 is 4.74 Å². The summed E-state index contributed by atoms with van der Waals surface area (Å²) < 4.78 is 7.59. The van der Waals surface area contributed by atoms with Crippen LogP contribution in [0.1, 0.15) is 18.9 Å². The van der Waals surface area contributed by atoms with Crippen LogP contribution >= 0.6 is 31.9 Å². The Morgan fingerprint density at radius 3 is 2.71 bits per heavy atom. The zero-order valence-corrected chi connectivity index (χ0v) is 11.2. The van der Waals surface area contributed by atoms with E-state index < -0.39 is 0 Å². The Morgan fingerprint density at radius 1 is 1.43 bits per heavy atom. The smallest absolute Gasteiger partial charge is 0.140 e. The average molecular weight is 320 g/mol. The number of rotatable bonds is 4. The molecule has 0 aromatic heterocycles. The molecule has 1 aromatic rings. The molecule has 0 fully saturated rings. The van der Waals surface area contributed by atoms with Gasteiger partial charge in [0.15, 0.2) is 0 Å². The molecule has 0 saturated heterocycles. The third kappa shape index (κ3) is 2.85. The molecule has 0 heterocycles. The van der Waals surface area contributed by atoms with Gasteiger partial charge in [-0.25, -0.2) is 0 Å². The second-order valence-corrected chi connectivity index (χ2v) is 4.63. The molecule has 0 aliphatic heterocycles. The van der Waals surface area contributed by atoms with E-state index >= 15 is 0 Å². The van der Waals surface area contributed by atoms with E-state index in [9.17, 15) is 0 Å². The molecule has 0 N–H and O–H groups in total. The van der Waals surface area contributed by atoms with E-state index in [1.165, 1.54) is 0 Å². The molecular formula is C11H12Br2O. The van der Waals surface area contributed by atoms with Gasteiger partial charge in [0.2, 0.25) is 0 Å². The standard InChI is InChI=1S/C11H12Br2O/c1-3-5-14-11-8(4-2)6-9(12)7-10(11)13/h4,6-7H,2-3,5H2,1H3. The number of hydrogen-bond acceptors (Lipinski definition) is 1. The van der Waals surface area contributed by atoms with Gasteiger partial charge in [0.25, 0.3) is 0 Å². The highest BCUT2D eigenvalue weighted by atomic mass is 79.9. The van der Waals surface area contributed by atoms with Crippen LogP contribution in [-0.2, 0) is 0 Å². The lowest BCUT2D eigenvalue weighted by Gasteiger charge is -2.10. The fourth-order valence-electron chi connectivity index (χ4n) is 1.09. The summed E-state index contributed by atoms with van der Waals surface area (Å²) in [6.07, 6.45) is 2.79. The summed E-state index contributed by atoms with van der Waals surface area (Å²) in [5, 5.41) is 0. The predicted molar refractivity (Wildman–Crippen MR) is 67.7 cm³/mol. The summed E-state index contributed by atoms with van der Waals surface area (Å²) in [6, 6.07) is 3.96. The molecule has 14 heavy (non-hydrogen) atoms. The van der Waals surface area contributed by atoms with Crippen molar-refractivity contribution in [2.24, 2.45) is 0 Å². The number of hydrogen-bond donors (Lipinski definition) is 0. The highest BCUT2D eigenvalue weighted by molar-refractivity contribution is 9.11. The summed E-state index contributed by atoms with van der Waals surface area (Å²) in [5.74, 6) is 0.866. The highest BCUT2D eigenvalue weighted by Gasteiger charge is 2.07. The number of ether oxygens (including phenoxy) is 1. The molecule has 0 unspecified atom stereocenters. The van der Waals surface area contributed by atoms with Crippen LogP contribution in [0.2, 0.25) is 0 Å². The maximum atomic E-state index is 5.62. The second kappa shape index (κ2) is 5.56. The lowest BCUT2D eigenvalue weighted by atomic mass is 10.2. The third-order valence-corrected chi connectivity index (χ3v) is 2.75. The van der Waals surface area contributed by atoms with Crippen molar-refractivity contribution in [2.75, 3.05) is 6.61 Å². The normalized spacial score (nSPS) is 9.93. The molecule has 0 spiro atoms. The van der Waals surface area contributed by atoms with Crippen molar-refractivity contribution in [3.8, 4) is 5.75 Å². The zero-order chi connectivity index (χ0) is 10.6. The Balaban J connectivity index is 3.05. The molecule has 0 bridgehead atoms. The van der Waals surface area contributed by atoms with Gasteiger partial charge in [-0.05, 0) is 34.5 Å². The van der Waals surface area contributed by atoms with E-state index in [-0.39, 0.29) is 0 Å². The van der Waals surface area contributed by atoms with Gasteiger partial charge in [0.05, 0.1) is 11.1 Å². The van der Waals surface area contributed by atoms with Gasteiger partial charge in [0.1, 0.15) is 5.75 Å². The molecule has 0 atom stereocenters. The Bertz CT molecular complexity index is 334. The molecule has 3 heteroatoms. The van der Waals surface area contributed by atoms with Crippen molar-refractivity contribution in [3.63, 3.8) is 0 Å². The van der Waals surface area contributed by atoms with E-state index in [0.717, 1.165) is 33.3 Å². The largest absolute Gasteiger partial charge is 0.492 e. The quantitative estimate of drug-likeness (QED) is 0.785. The van der Waals surface area contributed by atoms with Crippen molar-refractivity contribution in [1.82, 2.24) is 0 Å². The maximum absolute atomic E-state index is 5.62. The fraction of sp³-hybridized carbons (Fsp3) is 0.273. The molecule has 1 aromatic carbocycles. The first-order chi connectivity index (χ1) is 6.69. The first-order valence-electron chi connectivity index (χ1n) is 4.43. The third-order valence-electron chi connectivity index (χ3n) is 1.71. The zero-order valence-electron chi connectivity index (χ0n) is 8.02. The summed E-state index contributed by atoms with van der Waals surface area (Å²) in [7, 11) is 0. The van der Waals surface area contributed by atoms with Crippen molar-refractivity contribution in [1.29, 1.82) is 0 Å². The summed E-state index contributed by atoms with van der Waals surface area (Å²) in [4.78, 5) is 0. The van der Waals surface area contributed by atoms with Gasteiger partial charge in [-0.3, -0.25) is 0 Å². The minimum atomic E-state index is 0.723. The Morgan fingerprint density at radius 2 is 2.14 bits per heavy atom. The van der Waals surface area contributed by atoms with Gasteiger partial charge >= 0.3 is 0 Å². The van der Waals surface area contributed by atoms with E-state index in [0.29, 0.717) is 0 Å². The molecule has 76 valence electrons. The fourth-order valence-corrected chi connectivity index (χ4v) is 2.46. The van der Waals surface area contributed by atoms with Crippen LogP contribution in [0.25, 0.3) is 6.08 Å². The van der Waals surface area contributed by atoms with Crippen molar-refractivity contribution in [3.05, 3.63) is 33.2 Å². The van der Waals surface area contributed by atoms with Crippen LogP contribution in [0.3, 0.4) is 0 Å². The van der Waals surface area contributed by atoms with Crippen LogP contribution in [0, 0.1) is 0 Å². The van der Waals surface area contributed by atoms with E-state index in [1.807, 2.05) is 12.1 Å². The van der Waals surface area contributed by atoms with Gasteiger partial charge in [-0.2, -0.15) is 0 Å². The molecule has 1 rings (SSSR count). The summed E-state index contributed by atoms with van der Waals surface area (Å²) in [6.45, 7) is 6.57. The second-order valence-electron chi connectivity index (χ2n) is 2.86. The monoisotopic (exact) mass is 318 g/mol. The molecule has 0 aliphatic carbocycles. The van der Waals surface area contributed by atoms with E-state index in [1.54, 1.807) is 6.08 Å². The lowest BCUT2D eigenvalue weighted by Crippen LogP contribution is -1.97. The van der Waals surface area contributed by atoms with Gasteiger partial charge in [-0.1, -0.05) is 35.5 Å². The molecule has 0 aliphatic rings. The average Bonchev–Trinajstić information content (AvgIpc) is 2.15. The van der Waals surface area contributed by atoms with Gasteiger partial charge in [0, 0.05) is 10.0 Å². The Hall–Kier alpha value is -0.280. The Labute approximate surface area is 101 Å². The van der Waals surface area contributed by atoms with Crippen LogP contribution in [0.5, 0.6) is 5.75 Å². The number of benzene rings is 1. The topological polar surface area (TPSA) is 9.23 Å². The molecule has 0 amide bonds. The van der Waals surface area contributed by atoms with E-state index in [2.05, 4.69) is 45.4 Å². The molecule has 0 saturated carbocycles. The molecule has 0 radical (unpaired) electrons. The van der Waals surface area contributed by atoms with Crippen LogP contribution in [-0.4, -0.2) is 6.61 Å². The minimum Gasteiger partial charge on any atom is -0.492 e. The van der Waals surface area contributed by atoms with Crippen LogP contribution in [0.4, 0.5) is 0 Å². The van der Waals surface area contributed by atoms with Crippen molar-refractivity contribution >= 4 is 37.9 Å². The Kier molecular flexibility index (Phi) is 4.69. The van der Waals surface area contributed by atoms with E-state index in [4.69, 9.17) is 4.74 Å². The summed E-state index contributed by atoms with van der Waals surface area (Å²) >= 11 is 6.89. The number of halogens is 2. The molecule has 1 nitrogen and oxygen atoms in total. The first-order valence-corrected chi connectivity index (χ1v) is 6.02. The maximum Gasteiger partial charge on any atom is 0.140 e. The molecular weight excluding hydrogens is 308 g/mol. The van der Waals surface area contributed by atoms with Crippen LogP contribution < -0.4 is 4.74 Å². The highest BCUT2D eigenvalue weighted by Crippen LogP contribution is 2.33. The first kappa shape index (κ1) is 11.8. The van der Waals surface area contributed by atoms with Crippen molar-refractivity contribution < 1.29 is 4.74 Å².